The van der Waals surface area contributed by atoms with Crippen molar-refractivity contribution in [1.29, 1.82) is 0 Å². The highest BCUT2D eigenvalue weighted by Gasteiger charge is 2.21. The molecule has 0 radical (unpaired) electrons. The van der Waals surface area contributed by atoms with Gasteiger partial charge in [-0.15, -0.1) is 0 Å². The lowest BCUT2D eigenvalue weighted by Crippen LogP contribution is -2.52. The van der Waals surface area contributed by atoms with Gasteiger partial charge in [0, 0.05) is 57.0 Å². The first-order valence-corrected chi connectivity index (χ1v) is 9.29. The van der Waals surface area contributed by atoms with Crippen LogP contribution in [0.1, 0.15) is 25.7 Å². The van der Waals surface area contributed by atoms with Crippen molar-refractivity contribution >= 4 is 11.7 Å². The van der Waals surface area contributed by atoms with Crippen LogP contribution in [0.15, 0.2) is 28.8 Å². The summed E-state index contributed by atoms with van der Waals surface area (Å²) in [7, 11) is 1.62. The first-order valence-electron chi connectivity index (χ1n) is 9.29. The smallest absolute Gasteiger partial charge is 0.317 e. The van der Waals surface area contributed by atoms with E-state index < -0.39 is 0 Å². The molecule has 2 aromatic rings. The highest BCUT2D eigenvalue weighted by Crippen LogP contribution is 2.23. The second-order valence-electron chi connectivity index (χ2n) is 6.86. The predicted octanol–water partition coefficient (Wildman–Crippen LogP) is 2.34. The van der Waals surface area contributed by atoms with Gasteiger partial charge in [0.05, 0.1) is 6.61 Å². The molecule has 1 aromatic carbocycles. The van der Waals surface area contributed by atoms with Gasteiger partial charge in [-0.25, -0.2) is 4.79 Å². The van der Waals surface area contributed by atoms with Crippen molar-refractivity contribution in [2.75, 3.05) is 51.3 Å². The SMILES string of the molecule is COCCNC(=O)N1CCN(c2ccc(-c3noc(C(C)C)n3)cc2)CC1. The Balaban J connectivity index is 1.55. The molecule has 0 atom stereocenters. The van der Waals surface area contributed by atoms with Gasteiger partial charge in [0.1, 0.15) is 0 Å². The van der Waals surface area contributed by atoms with Crippen molar-refractivity contribution in [3.05, 3.63) is 30.2 Å². The molecule has 1 aromatic heterocycles. The molecule has 0 spiro atoms. The molecule has 8 heteroatoms. The van der Waals surface area contributed by atoms with Gasteiger partial charge in [0.15, 0.2) is 0 Å². The second kappa shape index (κ2) is 8.85. The minimum atomic E-state index is -0.0277. The molecule has 0 unspecified atom stereocenters. The third kappa shape index (κ3) is 4.77. The summed E-state index contributed by atoms with van der Waals surface area (Å²) in [5.41, 5.74) is 2.07. The summed E-state index contributed by atoms with van der Waals surface area (Å²) < 4.78 is 10.2. The van der Waals surface area contributed by atoms with E-state index in [-0.39, 0.29) is 11.9 Å². The molecule has 3 rings (SSSR count). The molecule has 0 saturated carbocycles. The van der Waals surface area contributed by atoms with Crippen LogP contribution in [0.4, 0.5) is 10.5 Å². The molecule has 0 aliphatic carbocycles. The van der Waals surface area contributed by atoms with E-state index in [4.69, 9.17) is 9.26 Å². The molecule has 1 saturated heterocycles. The van der Waals surface area contributed by atoms with E-state index in [1.807, 2.05) is 30.9 Å². The van der Waals surface area contributed by atoms with Gasteiger partial charge in [-0.05, 0) is 24.3 Å². The number of benzene rings is 1. The molecular formula is C19H27N5O3. The Morgan fingerprint density at radius 2 is 1.93 bits per heavy atom. The molecule has 2 heterocycles. The quantitative estimate of drug-likeness (QED) is 0.783. The third-order valence-corrected chi connectivity index (χ3v) is 4.58. The van der Waals surface area contributed by atoms with Crippen LogP contribution in [-0.4, -0.2) is 67.5 Å². The minimum Gasteiger partial charge on any atom is -0.383 e. The highest BCUT2D eigenvalue weighted by atomic mass is 16.5. The van der Waals surface area contributed by atoms with Gasteiger partial charge in [0.2, 0.25) is 11.7 Å². The molecule has 1 N–H and O–H groups in total. The number of carbonyl (C=O) groups is 1. The first kappa shape index (κ1) is 19.2. The molecule has 1 fully saturated rings. The van der Waals surface area contributed by atoms with Crippen LogP contribution in [0.25, 0.3) is 11.4 Å². The highest BCUT2D eigenvalue weighted by molar-refractivity contribution is 5.74. The number of aromatic nitrogens is 2. The predicted molar refractivity (Wildman–Crippen MR) is 103 cm³/mol. The Bertz CT molecular complexity index is 736. The van der Waals surface area contributed by atoms with Crippen molar-refractivity contribution in [1.82, 2.24) is 20.4 Å². The molecule has 27 heavy (non-hydrogen) atoms. The lowest BCUT2D eigenvalue weighted by atomic mass is 10.1. The van der Waals surface area contributed by atoms with Crippen LogP contribution in [0.2, 0.25) is 0 Å². The molecule has 2 amide bonds. The van der Waals surface area contributed by atoms with Crippen LogP contribution in [0.3, 0.4) is 0 Å². The number of piperazine rings is 1. The number of amides is 2. The lowest BCUT2D eigenvalue weighted by molar-refractivity contribution is 0.177. The minimum absolute atomic E-state index is 0.0277. The van der Waals surface area contributed by atoms with Crippen molar-refractivity contribution in [2.45, 2.75) is 19.8 Å². The number of methoxy groups -OCH3 is 1. The summed E-state index contributed by atoms with van der Waals surface area (Å²) in [6.45, 7) is 8.11. The Kier molecular flexibility index (Phi) is 6.28. The summed E-state index contributed by atoms with van der Waals surface area (Å²) >= 11 is 0. The zero-order chi connectivity index (χ0) is 19.2. The number of anilines is 1. The average Bonchev–Trinajstić information content (AvgIpc) is 3.19. The number of hydrogen-bond donors (Lipinski definition) is 1. The fourth-order valence-corrected chi connectivity index (χ4v) is 2.95. The molecule has 1 aliphatic rings. The summed E-state index contributed by atoms with van der Waals surface area (Å²) in [5.74, 6) is 1.48. The first-order chi connectivity index (χ1) is 13.1. The van der Waals surface area contributed by atoms with Crippen LogP contribution >= 0.6 is 0 Å². The molecular weight excluding hydrogens is 346 g/mol. The maximum Gasteiger partial charge on any atom is 0.317 e. The fraction of sp³-hybridized carbons (Fsp3) is 0.526. The van der Waals surface area contributed by atoms with Crippen LogP contribution in [0, 0.1) is 0 Å². The number of nitrogens with one attached hydrogen (secondary N) is 1. The standard InChI is InChI=1S/C19H27N5O3/c1-14(2)18-21-17(22-27-18)15-4-6-16(7-5-15)23-9-11-24(12-10-23)19(25)20-8-13-26-3/h4-7,14H,8-13H2,1-3H3,(H,20,25). The van der Waals surface area contributed by atoms with E-state index in [2.05, 4.69) is 32.5 Å². The zero-order valence-electron chi connectivity index (χ0n) is 16.1. The molecule has 1 aliphatic heterocycles. The van der Waals surface area contributed by atoms with Crippen LogP contribution in [-0.2, 0) is 4.74 Å². The van der Waals surface area contributed by atoms with Crippen molar-refractivity contribution in [3.63, 3.8) is 0 Å². The Labute approximate surface area is 159 Å². The van der Waals surface area contributed by atoms with Gasteiger partial charge in [0.25, 0.3) is 0 Å². The van der Waals surface area contributed by atoms with Gasteiger partial charge >= 0.3 is 6.03 Å². The monoisotopic (exact) mass is 373 g/mol. The maximum atomic E-state index is 12.1. The van der Waals surface area contributed by atoms with E-state index in [1.54, 1.807) is 7.11 Å². The van der Waals surface area contributed by atoms with E-state index in [0.29, 0.717) is 38.0 Å². The summed E-state index contributed by atoms with van der Waals surface area (Å²) in [6.07, 6.45) is 0. The number of rotatable bonds is 6. The maximum absolute atomic E-state index is 12.1. The van der Waals surface area contributed by atoms with E-state index in [1.165, 1.54) is 0 Å². The molecule has 146 valence electrons. The Hall–Kier alpha value is -2.61. The summed E-state index contributed by atoms with van der Waals surface area (Å²) in [5, 5.41) is 6.91. The van der Waals surface area contributed by atoms with Crippen LogP contribution in [0.5, 0.6) is 0 Å². The van der Waals surface area contributed by atoms with E-state index in [0.717, 1.165) is 24.3 Å². The van der Waals surface area contributed by atoms with Crippen molar-refractivity contribution in [2.24, 2.45) is 0 Å². The average molecular weight is 373 g/mol. The summed E-state index contributed by atoms with van der Waals surface area (Å²) in [6, 6.07) is 8.12. The molecule has 0 bridgehead atoms. The van der Waals surface area contributed by atoms with Gasteiger partial charge in [-0.2, -0.15) is 4.98 Å². The Morgan fingerprint density at radius 3 is 2.52 bits per heavy atom. The lowest BCUT2D eigenvalue weighted by Gasteiger charge is -2.36. The number of urea groups is 1. The second-order valence-corrected chi connectivity index (χ2v) is 6.86. The number of nitrogens with zero attached hydrogens (tertiary/aromatic N) is 4. The van der Waals surface area contributed by atoms with E-state index in [9.17, 15) is 4.79 Å². The zero-order valence-corrected chi connectivity index (χ0v) is 16.1. The number of carbonyl (C=O) groups excluding carboxylic acids is 1. The van der Waals surface area contributed by atoms with Crippen molar-refractivity contribution < 1.29 is 14.1 Å². The van der Waals surface area contributed by atoms with E-state index >= 15 is 0 Å². The third-order valence-electron chi connectivity index (χ3n) is 4.58. The summed E-state index contributed by atoms with van der Waals surface area (Å²) in [4.78, 5) is 20.6. The van der Waals surface area contributed by atoms with Gasteiger partial charge in [-0.3, -0.25) is 0 Å². The largest absolute Gasteiger partial charge is 0.383 e. The topological polar surface area (TPSA) is 83.7 Å². The van der Waals surface area contributed by atoms with Gasteiger partial charge < -0.3 is 24.4 Å². The van der Waals surface area contributed by atoms with Gasteiger partial charge in [-0.1, -0.05) is 19.0 Å². The fourth-order valence-electron chi connectivity index (χ4n) is 2.95. The Morgan fingerprint density at radius 1 is 1.22 bits per heavy atom. The number of ether oxygens (including phenoxy) is 1. The molecule has 8 nitrogen and oxygen atoms in total. The number of hydrogen-bond acceptors (Lipinski definition) is 6. The van der Waals surface area contributed by atoms with Crippen molar-refractivity contribution in [3.8, 4) is 11.4 Å². The van der Waals surface area contributed by atoms with Crippen LogP contribution < -0.4 is 10.2 Å². The normalized spacial score (nSPS) is 14.7.